The van der Waals surface area contributed by atoms with Crippen molar-refractivity contribution in [2.45, 2.75) is 52.6 Å². The summed E-state index contributed by atoms with van der Waals surface area (Å²) < 4.78 is 7.29. The Bertz CT molecular complexity index is 793. The lowest BCUT2D eigenvalue weighted by molar-refractivity contribution is 0.0204. The summed E-state index contributed by atoms with van der Waals surface area (Å²) in [6.07, 6.45) is 1.76. The van der Waals surface area contributed by atoms with Crippen LogP contribution in [-0.2, 0) is 4.74 Å². The normalized spacial score (nSPS) is 17.0. The van der Waals surface area contributed by atoms with Crippen LogP contribution in [0, 0.1) is 0 Å². The zero-order valence-corrected chi connectivity index (χ0v) is 17.0. The van der Waals surface area contributed by atoms with Crippen molar-refractivity contribution in [3.8, 4) is 0 Å². The van der Waals surface area contributed by atoms with Gasteiger partial charge in [-0.2, -0.15) is 5.10 Å². The Labute approximate surface area is 161 Å². The molecule has 7 heteroatoms. The van der Waals surface area contributed by atoms with Gasteiger partial charge in [0.1, 0.15) is 0 Å². The average molecular weight is 374 g/mol. The molecule has 3 heterocycles. The predicted octanol–water partition coefficient (Wildman–Crippen LogP) is 2.59. The average Bonchev–Trinajstić information content (AvgIpc) is 3.10. The number of morpholine rings is 1. The van der Waals surface area contributed by atoms with Crippen molar-refractivity contribution in [3.05, 3.63) is 23.5 Å². The van der Waals surface area contributed by atoms with E-state index in [9.17, 15) is 4.79 Å². The highest BCUT2D eigenvalue weighted by molar-refractivity contribution is 6.05. The van der Waals surface area contributed by atoms with Gasteiger partial charge in [-0.1, -0.05) is 13.8 Å². The first-order chi connectivity index (χ1) is 12.9. The summed E-state index contributed by atoms with van der Waals surface area (Å²) in [5.41, 5.74) is 2.35. The van der Waals surface area contributed by atoms with Crippen molar-refractivity contribution in [3.63, 3.8) is 0 Å². The molecular formula is C20H31N5O2. The fourth-order valence-corrected chi connectivity index (χ4v) is 3.38. The number of fused-ring (bicyclic) bond motifs is 1. The van der Waals surface area contributed by atoms with Crippen LogP contribution in [0.15, 0.2) is 12.3 Å². The summed E-state index contributed by atoms with van der Waals surface area (Å²) in [5, 5.41) is 8.38. The number of carbonyl (C=O) groups excluding carboxylic acids is 1. The van der Waals surface area contributed by atoms with E-state index in [4.69, 9.17) is 9.72 Å². The quantitative estimate of drug-likeness (QED) is 0.843. The van der Waals surface area contributed by atoms with Crippen molar-refractivity contribution < 1.29 is 9.53 Å². The lowest BCUT2D eigenvalue weighted by Crippen LogP contribution is -2.47. The summed E-state index contributed by atoms with van der Waals surface area (Å²) in [5.74, 6) is 0.177. The van der Waals surface area contributed by atoms with Crippen LogP contribution in [0.5, 0.6) is 0 Å². The maximum atomic E-state index is 13.0. The molecule has 1 atom stereocenters. The van der Waals surface area contributed by atoms with E-state index in [1.54, 1.807) is 6.20 Å². The van der Waals surface area contributed by atoms with Crippen LogP contribution in [0.2, 0.25) is 0 Å². The molecule has 0 aromatic carbocycles. The van der Waals surface area contributed by atoms with Gasteiger partial charge in [-0.25, -0.2) is 9.67 Å². The molecule has 1 aliphatic rings. The largest absolute Gasteiger partial charge is 0.379 e. The van der Waals surface area contributed by atoms with E-state index in [1.807, 2.05) is 10.7 Å². The van der Waals surface area contributed by atoms with Crippen molar-refractivity contribution in [2.75, 3.05) is 32.8 Å². The van der Waals surface area contributed by atoms with Gasteiger partial charge in [0, 0.05) is 37.4 Å². The van der Waals surface area contributed by atoms with Crippen molar-refractivity contribution in [1.82, 2.24) is 25.0 Å². The van der Waals surface area contributed by atoms with Gasteiger partial charge < -0.3 is 10.1 Å². The Morgan fingerprint density at radius 1 is 1.22 bits per heavy atom. The minimum absolute atomic E-state index is 0.0623. The fraction of sp³-hybridized carbons (Fsp3) is 0.650. The molecule has 1 unspecified atom stereocenters. The number of amides is 1. The van der Waals surface area contributed by atoms with Gasteiger partial charge >= 0.3 is 0 Å². The van der Waals surface area contributed by atoms with E-state index < -0.39 is 0 Å². The van der Waals surface area contributed by atoms with E-state index in [2.05, 4.69) is 49.9 Å². The predicted molar refractivity (Wildman–Crippen MR) is 106 cm³/mol. The summed E-state index contributed by atoms with van der Waals surface area (Å²) in [6.45, 7) is 14.4. The number of hydrogen-bond donors (Lipinski definition) is 1. The second-order valence-corrected chi connectivity index (χ2v) is 7.88. The van der Waals surface area contributed by atoms with Gasteiger partial charge in [0.2, 0.25) is 0 Å². The van der Waals surface area contributed by atoms with Gasteiger partial charge in [-0.15, -0.1) is 0 Å². The van der Waals surface area contributed by atoms with Crippen LogP contribution in [-0.4, -0.2) is 64.5 Å². The highest BCUT2D eigenvalue weighted by Crippen LogP contribution is 2.24. The third-order valence-corrected chi connectivity index (χ3v) is 5.14. The van der Waals surface area contributed by atoms with E-state index in [0.717, 1.165) is 43.0 Å². The smallest absolute Gasteiger partial charge is 0.252 e. The van der Waals surface area contributed by atoms with Crippen LogP contribution in [0.1, 0.15) is 62.6 Å². The van der Waals surface area contributed by atoms with Crippen molar-refractivity contribution >= 4 is 16.9 Å². The van der Waals surface area contributed by atoms with Crippen molar-refractivity contribution in [1.29, 1.82) is 0 Å². The van der Waals surface area contributed by atoms with Crippen LogP contribution in [0.3, 0.4) is 0 Å². The summed E-state index contributed by atoms with van der Waals surface area (Å²) in [6, 6.07) is 2.38. The molecule has 3 rings (SSSR count). The van der Waals surface area contributed by atoms with Crippen molar-refractivity contribution in [2.24, 2.45) is 0 Å². The molecule has 7 nitrogen and oxygen atoms in total. The summed E-state index contributed by atoms with van der Waals surface area (Å²) in [4.78, 5) is 20.1. The maximum Gasteiger partial charge on any atom is 0.252 e. The van der Waals surface area contributed by atoms with E-state index in [1.165, 1.54) is 0 Å². The molecular weight excluding hydrogens is 342 g/mol. The maximum absolute atomic E-state index is 13.0. The standard InChI is InChI=1S/C20H31N5O2/c1-13(2)18-10-16(17-12-22-25(14(3)4)19(17)23-18)20(26)21-11-15(5)24-6-8-27-9-7-24/h10,12-15H,6-9,11H2,1-5H3,(H,21,26). The number of carbonyl (C=O) groups is 1. The summed E-state index contributed by atoms with van der Waals surface area (Å²) in [7, 11) is 0. The number of ether oxygens (including phenoxy) is 1. The zero-order chi connectivity index (χ0) is 19.6. The first kappa shape index (κ1) is 19.8. The number of pyridine rings is 1. The summed E-state index contributed by atoms with van der Waals surface area (Å²) >= 11 is 0. The number of rotatable bonds is 6. The number of hydrogen-bond acceptors (Lipinski definition) is 5. The van der Waals surface area contributed by atoms with Gasteiger partial charge in [0.25, 0.3) is 5.91 Å². The molecule has 27 heavy (non-hydrogen) atoms. The van der Waals surface area contributed by atoms with Crippen LogP contribution < -0.4 is 5.32 Å². The molecule has 0 aliphatic carbocycles. The van der Waals surface area contributed by atoms with Gasteiger partial charge in [-0.05, 0) is 32.8 Å². The van der Waals surface area contributed by atoms with E-state index in [-0.39, 0.29) is 23.9 Å². The Morgan fingerprint density at radius 2 is 1.93 bits per heavy atom. The monoisotopic (exact) mass is 373 g/mol. The number of nitrogens with one attached hydrogen (secondary N) is 1. The second kappa shape index (κ2) is 8.35. The molecule has 1 saturated heterocycles. The Hall–Kier alpha value is -1.99. The third kappa shape index (κ3) is 4.30. The lowest BCUT2D eigenvalue weighted by Gasteiger charge is -2.32. The molecule has 0 spiro atoms. The van der Waals surface area contributed by atoms with E-state index in [0.29, 0.717) is 12.1 Å². The molecule has 1 N–H and O–H groups in total. The topological polar surface area (TPSA) is 72.3 Å². The second-order valence-electron chi connectivity index (χ2n) is 7.88. The highest BCUT2D eigenvalue weighted by atomic mass is 16.5. The molecule has 1 fully saturated rings. The zero-order valence-electron chi connectivity index (χ0n) is 17.0. The van der Waals surface area contributed by atoms with E-state index >= 15 is 0 Å². The molecule has 2 aromatic heterocycles. The van der Waals surface area contributed by atoms with Crippen LogP contribution in [0.25, 0.3) is 11.0 Å². The molecule has 0 radical (unpaired) electrons. The van der Waals surface area contributed by atoms with Crippen LogP contribution >= 0.6 is 0 Å². The fourth-order valence-electron chi connectivity index (χ4n) is 3.38. The number of aromatic nitrogens is 3. The Kier molecular flexibility index (Phi) is 6.11. The molecule has 148 valence electrons. The van der Waals surface area contributed by atoms with Gasteiger partial charge in [0.05, 0.1) is 30.4 Å². The lowest BCUT2D eigenvalue weighted by atomic mass is 10.0. The molecule has 2 aromatic rings. The van der Waals surface area contributed by atoms with Crippen LogP contribution in [0.4, 0.5) is 0 Å². The highest BCUT2D eigenvalue weighted by Gasteiger charge is 2.21. The molecule has 1 aliphatic heterocycles. The third-order valence-electron chi connectivity index (χ3n) is 5.14. The van der Waals surface area contributed by atoms with Gasteiger partial charge in [-0.3, -0.25) is 9.69 Å². The van der Waals surface area contributed by atoms with Gasteiger partial charge in [0.15, 0.2) is 5.65 Å². The first-order valence-corrected chi connectivity index (χ1v) is 9.86. The Balaban J connectivity index is 1.82. The molecule has 0 bridgehead atoms. The SMILES string of the molecule is CC(C)c1cc(C(=O)NCC(C)N2CCOCC2)c2cnn(C(C)C)c2n1. The Morgan fingerprint density at radius 3 is 2.56 bits per heavy atom. The molecule has 0 saturated carbocycles. The first-order valence-electron chi connectivity index (χ1n) is 9.86. The molecule has 1 amide bonds. The minimum Gasteiger partial charge on any atom is -0.379 e. The number of nitrogens with zero attached hydrogens (tertiary/aromatic N) is 4. The minimum atomic E-state index is -0.0623.